The van der Waals surface area contributed by atoms with Gasteiger partial charge in [-0.25, -0.2) is 8.42 Å². The van der Waals surface area contributed by atoms with Crippen LogP contribution in [-0.4, -0.2) is 20.0 Å². The molecule has 4 rings (SSSR count). The molecule has 0 radical (unpaired) electrons. The molecule has 1 aromatic heterocycles. The van der Waals surface area contributed by atoms with Crippen LogP contribution in [0.5, 0.6) is 0 Å². The summed E-state index contributed by atoms with van der Waals surface area (Å²) in [5.74, 6) is 0.646. The number of hydrogen-bond acceptors (Lipinski definition) is 2. The smallest absolute Gasteiger partial charge is 0.265 e. The molecule has 0 atom stereocenters. The second-order valence-corrected chi connectivity index (χ2v) is 8.89. The van der Waals surface area contributed by atoms with Gasteiger partial charge in [0.15, 0.2) is 0 Å². The molecule has 0 bridgehead atoms. The van der Waals surface area contributed by atoms with Crippen molar-refractivity contribution in [1.29, 1.82) is 0 Å². The summed E-state index contributed by atoms with van der Waals surface area (Å²) in [5.41, 5.74) is 3.86. The Morgan fingerprint density at radius 3 is 2.07 bits per heavy atom. The van der Waals surface area contributed by atoms with Crippen LogP contribution in [0.15, 0.2) is 83.8 Å². The summed E-state index contributed by atoms with van der Waals surface area (Å²) in [6, 6.07) is 24.8. The van der Waals surface area contributed by atoms with Gasteiger partial charge in [0.25, 0.3) is 10.0 Å². The van der Waals surface area contributed by atoms with Gasteiger partial charge in [0.2, 0.25) is 0 Å². The lowest BCUT2D eigenvalue weighted by atomic mass is 10.2. The highest BCUT2D eigenvalue weighted by atomic mass is 32.2. The van der Waals surface area contributed by atoms with E-state index in [-0.39, 0.29) is 4.90 Å². The van der Waals surface area contributed by atoms with Gasteiger partial charge in [-0.05, 0) is 44.2 Å². The van der Waals surface area contributed by atoms with Gasteiger partial charge in [-0.3, -0.25) is 8.87 Å². The van der Waals surface area contributed by atoms with Gasteiger partial charge in [-0.15, -0.1) is 0 Å². The van der Waals surface area contributed by atoms with E-state index >= 15 is 0 Å². The van der Waals surface area contributed by atoms with Crippen LogP contribution in [0.1, 0.15) is 11.1 Å². The zero-order chi connectivity index (χ0) is 19.9. The molecule has 142 valence electrons. The molecule has 4 nitrogen and oxygen atoms in total. The summed E-state index contributed by atoms with van der Waals surface area (Å²) in [6.07, 6.45) is 0. The lowest BCUT2D eigenvalue weighted by molar-refractivity contribution is 0.593. The van der Waals surface area contributed by atoms with Gasteiger partial charge in [-0.2, -0.15) is 0 Å². The van der Waals surface area contributed by atoms with Crippen LogP contribution >= 0.6 is 0 Å². The van der Waals surface area contributed by atoms with Crippen molar-refractivity contribution in [3.05, 3.63) is 90.0 Å². The van der Waals surface area contributed by atoms with Crippen molar-refractivity contribution in [1.82, 2.24) is 4.57 Å². The molecule has 3 aromatic carbocycles. The number of sulfonamides is 1. The predicted molar refractivity (Wildman–Crippen MR) is 115 cm³/mol. The van der Waals surface area contributed by atoms with Crippen molar-refractivity contribution < 1.29 is 8.42 Å². The number of hydrogen-bond donors (Lipinski definition) is 0. The number of aryl methyl sites for hydroxylation is 2. The third kappa shape index (κ3) is 2.88. The van der Waals surface area contributed by atoms with Crippen LogP contribution < -0.4 is 4.31 Å². The number of aromatic nitrogens is 1. The Kier molecular flexibility index (Phi) is 4.47. The maximum Gasteiger partial charge on any atom is 0.265 e. The summed E-state index contributed by atoms with van der Waals surface area (Å²) >= 11 is 0. The van der Waals surface area contributed by atoms with Crippen LogP contribution in [-0.2, 0) is 10.0 Å². The molecular formula is C23H22N2O2S. The first-order valence-electron chi connectivity index (χ1n) is 9.12. The first-order chi connectivity index (χ1) is 13.4. The van der Waals surface area contributed by atoms with E-state index < -0.39 is 10.0 Å². The summed E-state index contributed by atoms with van der Waals surface area (Å²) in [6.45, 7) is 3.91. The standard InChI is InChI=1S/C23H22N2O2S/c1-17-13-15-20(16-14-17)28(26,27)24(3)23-18(2)21-11-7-8-12-22(21)25(23)19-9-5-4-6-10-19/h4-16H,1-3H3. The highest BCUT2D eigenvalue weighted by Crippen LogP contribution is 2.36. The lowest BCUT2D eigenvalue weighted by Crippen LogP contribution is -2.29. The first-order valence-corrected chi connectivity index (χ1v) is 10.6. The number of fused-ring (bicyclic) bond motifs is 1. The van der Waals surface area contributed by atoms with Crippen molar-refractivity contribution in [2.75, 3.05) is 11.4 Å². The molecule has 0 aliphatic carbocycles. The molecule has 0 saturated carbocycles. The highest BCUT2D eigenvalue weighted by molar-refractivity contribution is 7.92. The molecule has 5 heteroatoms. The fraction of sp³-hybridized carbons (Fsp3) is 0.130. The Labute approximate surface area is 165 Å². The van der Waals surface area contributed by atoms with Crippen LogP contribution in [0.25, 0.3) is 16.6 Å². The molecule has 4 aromatic rings. The van der Waals surface area contributed by atoms with E-state index in [0.717, 1.165) is 27.7 Å². The number of para-hydroxylation sites is 2. The second-order valence-electron chi connectivity index (χ2n) is 6.92. The van der Waals surface area contributed by atoms with E-state index in [2.05, 4.69) is 0 Å². The Balaban J connectivity index is 1.98. The van der Waals surface area contributed by atoms with Gasteiger partial charge in [0, 0.05) is 23.7 Å². The fourth-order valence-electron chi connectivity index (χ4n) is 3.59. The van der Waals surface area contributed by atoms with Gasteiger partial charge in [-0.1, -0.05) is 54.1 Å². The van der Waals surface area contributed by atoms with Crippen LogP contribution in [0.4, 0.5) is 5.82 Å². The van der Waals surface area contributed by atoms with E-state index in [0.29, 0.717) is 5.82 Å². The first kappa shape index (κ1) is 18.3. The van der Waals surface area contributed by atoms with Crippen LogP contribution in [0, 0.1) is 13.8 Å². The van der Waals surface area contributed by atoms with Gasteiger partial charge < -0.3 is 0 Å². The zero-order valence-corrected chi connectivity index (χ0v) is 16.9. The number of anilines is 1. The van der Waals surface area contributed by atoms with Crippen LogP contribution in [0.2, 0.25) is 0 Å². The third-order valence-corrected chi connectivity index (χ3v) is 6.85. The molecule has 0 saturated heterocycles. The quantitative estimate of drug-likeness (QED) is 0.488. The topological polar surface area (TPSA) is 42.3 Å². The minimum atomic E-state index is -3.70. The van der Waals surface area contributed by atoms with E-state index in [9.17, 15) is 8.42 Å². The largest absolute Gasteiger partial charge is 0.295 e. The monoisotopic (exact) mass is 390 g/mol. The molecule has 28 heavy (non-hydrogen) atoms. The van der Waals surface area contributed by atoms with Crippen molar-refractivity contribution in [2.45, 2.75) is 18.7 Å². The zero-order valence-electron chi connectivity index (χ0n) is 16.1. The van der Waals surface area contributed by atoms with Crippen molar-refractivity contribution in [3.63, 3.8) is 0 Å². The maximum atomic E-state index is 13.4. The number of rotatable bonds is 4. The Hall–Kier alpha value is -3.05. The van der Waals surface area contributed by atoms with E-state index in [1.165, 1.54) is 4.31 Å². The minimum Gasteiger partial charge on any atom is -0.295 e. The molecule has 0 aliphatic rings. The van der Waals surface area contributed by atoms with Crippen molar-refractivity contribution in [2.24, 2.45) is 0 Å². The summed E-state index contributed by atoms with van der Waals surface area (Å²) in [7, 11) is -2.08. The number of nitrogens with zero attached hydrogens (tertiary/aromatic N) is 2. The van der Waals surface area contributed by atoms with Gasteiger partial charge in [0.1, 0.15) is 5.82 Å². The summed E-state index contributed by atoms with van der Waals surface area (Å²) in [4.78, 5) is 0.282. The number of benzene rings is 3. The summed E-state index contributed by atoms with van der Waals surface area (Å²) < 4.78 is 30.1. The molecule has 1 heterocycles. The fourth-order valence-corrected chi connectivity index (χ4v) is 4.83. The second kappa shape index (κ2) is 6.84. The van der Waals surface area contributed by atoms with E-state index in [1.807, 2.05) is 85.1 Å². The Morgan fingerprint density at radius 2 is 1.39 bits per heavy atom. The molecule has 0 aliphatic heterocycles. The molecule has 0 fully saturated rings. The molecule has 0 N–H and O–H groups in total. The highest BCUT2D eigenvalue weighted by Gasteiger charge is 2.27. The molecule has 0 spiro atoms. The van der Waals surface area contributed by atoms with Crippen molar-refractivity contribution in [3.8, 4) is 5.69 Å². The van der Waals surface area contributed by atoms with E-state index in [1.54, 1.807) is 19.2 Å². The molecule has 0 unspecified atom stereocenters. The summed E-state index contributed by atoms with van der Waals surface area (Å²) in [5, 5.41) is 1.03. The predicted octanol–water partition coefficient (Wildman–Crippen LogP) is 5.07. The SMILES string of the molecule is Cc1ccc(S(=O)(=O)N(C)c2c(C)c3ccccc3n2-c2ccccc2)cc1. The molecule has 0 amide bonds. The van der Waals surface area contributed by atoms with E-state index in [4.69, 9.17) is 0 Å². The maximum absolute atomic E-state index is 13.4. The third-order valence-electron chi connectivity index (χ3n) is 5.09. The average molecular weight is 391 g/mol. The minimum absolute atomic E-state index is 0.282. The van der Waals surface area contributed by atoms with Crippen LogP contribution in [0.3, 0.4) is 0 Å². The van der Waals surface area contributed by atoms with Crippen molar-refractivity contribution >= 4 is 26.7 Å². The Bertz CT molecular complexity index is 1240. The normalized spacial score (nSPS) is 11.7. The Morgan fingerprint density at radius 1 is 0.786 bits per heavy atom. The van der Waals surface area contributed by atoms with Gasteiger partial charge >= 0.3 is 0 Å². The van der Waals surface area contributed by atoms with Gasteiger partial charge in [0.05, 0.1) is 10.4 Å². The lowest BCUT2D eigenvalue weighted by Gasteiger charge is -2.23. The average Bonchev–Trinajstić information content (AvgIpc) is 3.01. The molecular weight excluding hydrogens is 368 g/mol.